The molecule has 20 heavy (non-hydrogen) atoms. The van der Waals surface area contributed by atoms with Gasteiger partial charge in [-0.15, -0.1) is 0 Å². The maximum atomic E-state index is 5.84. The van der Waals surface area contributed by atoms with Crippen molar-refractivity contribution >= 4 is 0 Å². The molecule has 3 heterocycles. The predicted molar refractivity (Wildman–Crippen MR) is 80.8 cm³/mol. The number of hydrogen-bond donors (Lipinski definition) is 0. The third-order valence-electron chi connectivity index (χ3n) is 6.82. The van der Waals surface area contributed by atoms with Gasteiger partial charge in [0.1, 0.15) is 0 Å². The van der Waals surface area contributed by atoms with Crippen molar-refractivity contribution in [1.29, 1.82) is 0 Å². The van der Waals surface area contributed by atoms with Crippen LogP contribution in [0.25, 0.3) is 0 Å². The molecular weight excluding hydrogens is 248 g/mol. The van der Waals surface area contributed by atoms with Crippen LogP contribution in [0, 0.1) is 17.8 Å². The number of likely N-dealkylation sites (tertiary alicyclic amines) is 2. The highest BCUT2D eigenvalue weighted by molar-refractivity contribution is 4.99. The fraction of sp³-hybridized carbons (Fsp3) is 1.00. The normalized spacial score (nSPS) is 42.0. The Morgan fingerprint density at radius 2 is 1.80 bits per heavy atom. The smallest absolute Gasteiger partial charge is 0.0728 e. The molecule has 1 aliphatic carbocycles. The van der Waals surface area contributed by atoms with E-state index in [1.807, 2.05) is 0 Å². The van der Waals surface area contributed by atoms with Gasteiger partial charge in [-0.2, -0.15) is 0 Å². The third-order valence-corrected chi connectivity index (χ3v) is 6.82. The highest BCUT2D eigenvalue weighted by Crippen LogP contribution is 2.48. The minimum atomic E-state index is 0.311. The largest absolute Gasteiger partial charge is 0.375 e. The molecule has 4 fully saturated rings. The van der Waals surface area contributed by atoms with E-state index in [0.717, 1.165) is 30.4 Å². The van der Waals surface area contributed by atoms with Crippen molar-refractivity contribution in [3.05, 3.63) is 0 Å². The first-order valence-corrected chi connectivity index (χ1v) is 8.72. The van der Waals surface area contributed by atoms with E-state index in [4.69, 9.17) is 4.74 Å². The molecule has 3 heteroatoms. The van der Waals surface area contributed by atoms with Gasteiger partial charge in [0.25, 0.3) is 0 Å². The number of rotatable bonds is 3. The van der Waals surface area contributed by atoms with Crippen LogP contribution in [0.3, 0.4) is 0 Å². The molecule has 3 atom stereocenters. The second-order valence-corrected chi connectivity index (χ2v) is 8.04. The Kier molecular flexibility index (Phi) is 3.36. The zero-order valence-corrected chi connectivity index (χ0v) is 13.2. The predicted octanol–water partition coefficient (Wildman–Crippen LogP) is 2.22. The topological polar surface area (TPSA) is 15.7 Å². The number of fused-ring (bicyclic) bond motifs is 2. The van der Waals surface area contributed by atoms with Crippen molar-refractivity contribution < 1.29 is 4.74 Å². The lowest BCUT2D eigenvalue weighted by Crippen LogP contribution is -2.57. The lowest BCUT2D eigenvalue weighted by atomic mass is 9.59. The summed E-state index contributed by atoms with van der Waals surface area (Å²) in [6, 6.07) is 0.783. The Labute approximate surface area is 123 Å². The second kappa shape index (κ2) is 4.96. The average molecular weight is 278 g/mol. The first-order valence-electron chi connectivity index (χ1n) is 8.72. The van der Waals surface area contributed by atoms with Crippen molar-refractivity contribution in [3.63, 3.8) is 0 Å². The number of piperidine rings is 3. The lowest BCUT2D eigenvalue weighted by molar-refractivity contribution is -0.176. The van der Waals surface area contributed by atoms with E-state index in [0.29, 0.717) is 5.60 Å². The summed E-state index contributed by atoms with van der Waals surface area (Å²) in [5.41, 5.74) is 0.311. The molecule has 0 amide bonds. The van der Waals surface area contributed by atoms with Gasteiger partial charge in [0.2, 0.25) is 0 Å². The minimum absolute atomic E-state index is 0.311. The SMILES string of the molecule is CC(CC1C2CC1CN(C)C2)N1CCC2(CCO2)CC1. The Morgan fingerprint density at radius 3 is 2.35 bits per heavy atom. The van der Waals surface area contributed by atoms with Crippen molar-refractivity contribution in [1.82, 2.24) is 9.80 Å². The van der Waals surface area contributed by atoms with Crippen LogP contribution in [0.4, 0.5) is 0 Å². The maximum Gasteiger partial charge on any atom is 0.0728 e. The van der Waals surface area contributed by atoms with Crippen LogP contribution in [0.15, 0.2) is 0 Å². The average Bonchev–Trinajstić information content (AvgIpc) is 2.42. The zero-order chi connectivity index (χ0) is 13.7. The van der Waals surface area contributed by atoms with Crippen LogP contribution in [-0.4, -0.2) is 61.3 Å². The molecule has 0 aromatic carbocycles. The van der Waals surface area contributed by atoms with Crippen molar-refractivity contribution in [2.24, 2.45) is 17.8 Å². The van der Waals surface area contributed by atoms with Gasteiger partial charge < -0.3 is 14.5 Å². The Bertz CT molecular complexity index is 346. The second-order valence-electron chi connectivity index (χ2n) is 8.04. The van der Waals surface area contributed by atoms with Gasteiger partial charge in [-0.3, -0.25) is 0 Å². The quantitative estimate of drug-likeness (QED) is 0.787. The summed E-state index contributed by atoms with van der Waals surface area (Å²) >= 11 is 0. The van der Waals surface area contributed by atoms with Crippen LogP contribution in [0.5, 0.6) is 0 Å². The maximum absolute atomic E-state index is 5.84. The third kappa shape index (κ3) is 2.22. The molecule has 4 rings (SSSR count). The fourth-order valence-corrected chi connectivity index (χ4v) is 5.31. The highest BCUT2D eigenvalue weighted by atomic mass is 16.5. The van der Waals surface area contributed by atoms with E-state index in [-0.39, 0.29) is 0 Å². The molecule has 0 N–H and O–H groups in total. The highest BCUT2D eigenvalue weighted by Gasteiger charge is 2.47. The number of hydrogen-bond acceptors (Lipinski definition) is 3. The van der Waals surface area contributed by atoms with Gasteiger partial charge in [0, 0.05) is 32.2 Å². The van der Waals surface area contributed by atoms with Crippen LogP contribution < -0.4 is 0 Å². The van der Waals surface area contributed by atoms with Crippen LogP contribution in [0.1, 0.15) is 39.0 Å². The van der Waals surface area contributed by atoms with Crippen molar-refractivity contribution in [3.8, 4) is 0 Å². The van der Waals surface area contributed by atoms with E-state index < -0.39 is 0 Å². The van der Waals surface area contributed by atoms with E-state index in [2.05, 4.69) is 23.8 Å². The molecule has 4 aliphatic rings. The summed E-state index contributed by atoms with van der Waals surface area (Å²) in [5, 5.41) is 0. The summed E-state index contributed by atoms with van der Waals surface area (Å²) in [6.45, 7) is 8.72. The van der Waals surface area contributed by atoms with Gasteiger partial charge in [-0.25, -0.2) is 0 Å². The molecule has 3 unspecified atom stereocenters. The lowest BCUT2D eigenvalue weighted by Gasteiger charge is -2.55. The first-order chi connectivity index (χ1) is 9.65. The minimum Gasteiger partial charge on any atom is -0.375 e. The summed E-state index contributed by atoms with van der Waals surface area (Å²) in [4.78, 5) is 5.28. The fourth-order valence-electron chi connectivity index (χ4n) is 5.31. The molecule has 114 valence electrons. The van der Waals surface area contributed by atoms with E-state index in [1.165, 1.54) is 58.3 Å². The van der Waals surface area contributed by atoms with E-state index in [9.17, 15) is 0 Å². The number of nitrogens with zero attached hydrogens (tertiary/aromatic N) is 2. The van der Waals surface area contributed by atoms with Gasteiger partial charge in [0.05, 0.1) is 12.2 Å². The van der Waals surface area contributed by atoms with Gasteiger partial charge in [-0.05, 0) is 63.8 Å². The summed E-state index contributed by atoms with van der Waals surface area (Å²) < 4.78 is 5.84. The first kappa shape index (κ1) is 13.5. The Balaban J connectivity index is 1.28. The van der Waals surface area contributed by atoms with Crippen molar-refractivity contribution in [2.45, 2.75) is 50.7 Å². The monoisotopic (exact) mass is 278 g/mol. The van der Waals surface area contributed by atoms with E-state index >= 15 is 0 Å². The van der Waals surface area contributed by atoms with Crippen LogP contribution in [0.2, 0.25) is 0 Å². The molecule has 1 saturated carbocycles. The molecule has 0 aromatic rings. The standard InChI is InChI=1S/C17H30N2O/c1-13(9-16-14-10-15(16)12-18(2)11-14)19-6-3-17(4-7-19)5-8-20-17/h13-16H,3-12H2,1-2H3. The Hall–Kier alpha value is -0.120. The molecular formula is C17H30N2O. The van der Waals surface area contributed by atoms with Gasteiger partial charge >= 0.3 is 0 Å². The van der Waals surface area contributed by atoms with Gasteiger partial charge in [0.15, 0.2) is 0 Å². The summed E-state index contributed by atoms with van der Waals surface area (Å²) in [7, 11) is 2.29. The van der Waals surface area contributed by atoms with Crippen LogP contribution in [-0.2, 0) is 4.74 Å². The number of ether oxygens (including phenoxy) is 1. The molecule has 3 saturated heterocycles. The summed E-state index contributed by atoms with van der Waals surface area (Å²) in [6.07, 6.45) is 6.82. The van der Waals surface area contributed by atoms with Crippen LogP contribution >= 0.6 is 0 Å². The van der Waals surface area contributed by atoms with Crippen molar-refractivity contribution in [2.75, 3.05) is 39.8 Å². The summed E-state index contributed by atoms with van der Waals surface area (Å²) in [5.74, 6) is 3.04. The molecule has 0 radical (unpaired) electrons. The molecule has 1 spiro atoms. The van der Waals surface area contributed by atoms with Gasteiger partial charge in [-0.1, -0.05) is 0 Å². The van der Waals surface area contributed by atoms with E-state index in [1.54, 1.807) is 0 Å². The molecule has 2 bridgehead atoms. The Morgan fingerprint density at radius 1 is 1.15 bits per heavy atom. The molecule has 3 nitrogen and oxygen atoms in total. The molecule has 0 aromatic heterocycles. The zero-order valence-electron chi connectivity index (χ0n) is 13.2. The molecule has 3 aliphatic heterocycles.